The summed E-state index contributed by atoms with van der Waals surface area (Å²) in [6.07, 6.45) is 0.815. The average Bonchev–Trinajstić information content (AvgIpc) is 3.42. The van der Waals surface area contributed by atoms with Gasteiger partial charge in [0.2, 0.25) is 5.91 Å². The Labute approximate surface area is 224 Å². The van der Waals surface area contributed by atoms with Gasteiger partial charge < -0.3 is 5.32 Å². The summed E-state index contributed by atoms with van der Waals surface area (Å²) in [5.74, 6) is -0.617. The zero-order chi connectivity index (χ0) is 28.0. The van der Waals surface area contributed by atoms with Crippen LogP contribution in [0.2, 0.25) is 0 Å². The fraction of sp³-hybridized carbons (Fsp3) is 0.393. The maximum absolute atomic E-state index is 13.5. The lowest BCUT2D eigenvalue weighted by Crippen LogP contribution is -2.36. The number of Topliss-reactive ketones (excluding diaryl/α,β-unsaturated/α-hetero) is 1. The molecule has 0 saturated heterocycles. The third kappa shape index (κ3) is 6.90. The van der Waals surface area contributed by atoms with Gasteiger partial charge in [0.1, 0.15) is 11.6 Å². The fourth-order valence-electron chi connectivity index (χ4n) is 4.83. The van der Waals surface area contributed by atoms with Gasteiger partial charge >= 0.3 is 6.18 Å². The molecule has 1 saturated carbocycles. The normalized spacial score (nSPS) is 17.4. The van der Waals surface area contributed by atoms with E-state index in [0.717, 1.165) is 10.9 Å². The Morgan fingerprint density at radius 1 is 1.00 bits per heavy atom. The van der Waals surface area contributed by atoms with Crippen molar-refractivity contribution < 1.29 is 27.6 Å². The first-order chi connectivity index (χ1) is 18.6. The van der Waals surface area contributed by atoms with Crippen molar-refractivity contribution in [2.75, 3.05) is 18.5 Å². The van der Waals surface area contributed by atoms with Crippen LogP contribution in [-0.4, -0.2) is 46.0 Å². The number of anilines is 1. The van der Waals surface area contributed by atoms with Gasteiger partial charge in [0.25, 0.3) is 5.91 Å². The van der Waals surface area contributed by atoms with E-state index in [0.29, 0.717) is 43.6 Å². The lowest BCUT2D eigenvalue weighted by molar-refractivity contribution is -0.141. The molecule has 11 heteroatoms. The van der Waals surface area contributed by atoms with Gasteiger partial charge in [-0.25, -0.2) is 9.67 Å². The van der Waals surface area contributed by atoms with E-state index in [1.807, 2.05) is 6.07 Å². The van der Waals surface area contributed by atoms with Crippen LogP contribution in [0.25, 0.3) is 5.69 Å². The zero-order valence-electron chi connectivity index (χ0n) is 21.5. The van der Waals surface area contributed by atoms with E-state index in [4.69, 9.17) is 0 Å². The molecule has 4 rings (SSSR count). The van der Waals surface area contributed by atoms with Crippen molar-refractivity contribution in [1.29, 1.82) is 0 Å². The second-order valence-electron chi connectivity index (χ2n) is 9.63. The molecule has 2 heterocycles. The van der Waals surface area contributed by atoms with Gasteiger partial charge in [0.05, 0.1) is 11.3 Å². The predicted molar refractivity (Wildman–Crippen MR) is 138 cm³/mol. The van der Waals surface area contributed by atoms with Crippen molar-refractivity contribution in [3.63, 3.8) is 0 Å². The molecule has 0 atom stereocenters. The van der Waals surface area contributed by atoms with Gasteiger partial charge in [-0.05, 0) is 56.4 Å². The smallest absolute Gasteiger partial charge is 0.352 e. The highest BCUT2D eigenvalue weighted by Crippen LogP contribution is 2.33. The summed E-state index contributed by atoms with van der Waals surface area (Å²) in [6, 6.07) is 13.6. The number of alkyl halides is 3. The molecule has 39 heavy (non-hydrogen) atoms. The van der Waals surface area contributed by atoms with Crippen LogP contribution < -0.4 is 10.2 Å². The molecule has 2 aromatic heterocycles. The number of carbonyl (C=O) groups excluding carboxylic acids is 3. The highest BCUT2D eigenvalue weighted by molar-refractivity contribution is 5.95. The van der Waals surface area contributed by atoms with Crippen molar-refractivity contribution >= 4 is 23.4 Å². The summed E-state index contributed by atoms with van der Waals surface area (Å²) in [4.78, 5) is 43.8. The van der Waals surface area contributed by atoms with E-state index in [1.165, 1.54) is 0 Å². The zero-order valence-corrected chi connectivity index (χ0v) is 21.5. The molecule has 206 valence electrons. The van der Waals surface area contributed by atoms with Gasteiger partial charge in [0.15, 0.2) is 5.69 Å². The highest BCUT2D eigenvalue weighted by Gasteiger charge is 2.39. The number of hydrogen-bond acceptors (Lipinski definition) is 5. The largest absolute Gasteiger partial charge is 0.435 e. The van der Waals surface area contributed by atoms with E-state index >= 15 is 0 Å². The highest BCUT2D eigenvalue weighted by atomic mass is 19.4. The lowest BCUT2D eigenvalue weighted by atomic mass is 9.78. The Hall–Kier alpha value is -4.02. The number of nitrogens with zero attached hydrogens (tertiary/aromatic N) is 4. The summed E-state index contributed by atoms with van der Waals surface area (Å²) in [7, 11) is 1.69. The third-order valence-corrected chi connectivity index (χ3v) is 6.99. The molecular formula is C28H30F3N5O3. The van der Waals surface area contributed by atoms with Crippen LogP contribution in [0.4, 0.5) is 19.0 Å². The maximum Gasteiger partial charge on any atom is 0.435 e. The quantitative estimate of drug-likeness (QED) is 0.391. The molecule has 1 aliphatic rings. The van der Waals surface area contributed by atoms with Gasteiger partial charge in [-0.3, -0.25) is 19.3 Å². The monoisotopic (exact) mass is 541 g/mol. The van der Waals surface area contributed by atoms with E-state index in [1.54, 1.807) is 60.6 Å². The minimum Gasteiger partial charge on any atom is -0.352 e. The van der Waals surface area contributed by atoms with Crippen LogP contribution in [0.5, 0.6) is 0 Å². The van der Waals surface area contributed by atoms with E-state index in [2.05, 4.69) is 15.4 Å². The summed E-state index contributed by atoms with van der Waals surface area (Å²) >= 11 is 0. The molecule has 3 aromatic rings. The van der Waals surface area contributed by atoms with Crippen LogP contribution >= 0.6 is 0 Å². The topological polar surface area (TPSA) is 97.2 Å². The molecule has 8 nitrogen and oxygen atoms in total. The Balaban J connectivity index is 1.24. The van der Waals surface area contributed by atoms with Crippen LogP contribution in [0.15, 0.2) is 60.9 Å². The van der Waals surface area contributed by atoms with E-state index < -0.39 is 23.3 Å². The second kappa shape index (κ2) is 12.2. The second-order valence-corrected chi connectivity index (χ2v) is 9.63. The number of halogens is 3. The van der Waals surface area contributed by atoms with E-state index in [-0.39, 0.29) is 36.5 Å². The summed E-state index contributed by atoms with van der Waals surface area (Å²) in [6.45, 7) is 0.0566. The average molecular weight is 542 g/mol. The molecule has 1 aliphatic carbocycles. The Kier molecular flexibility index (Phi) is 8.78. The molecule has 1 N–H and O–H groups in total. The number of rotatable bonds is 9. The van der Waals surface area contributed by atoms with Crippen LogP contribution in [0.3, 0.4) is 0 Å². The van der Waals surface area contributed by atoms with Gasteiger partial charge in [0, 0.05) is 44.2 Å². The number of para-hydroxylation sites is 1. The van der Waals surface area contributed by atoms with Gasteiger partial charge in [-0.15, -0.1) is 0 Å². The third-order valence-electron chi connectivity index (χ3n) is 6.99. The number of nitrogens with one attached hydrogen (secondary N) is 1. The lowest BCUT2D eigenvalue weighted by Gasteiger charge is -2.29. The molecule has 0 spiro atoms. The van der Waals surface area contributed by atoms with Crippen molar-refractivity contribution in [3.05, 3.63) is 72.2 Å². The first kappa shape index (κ1) is 28.0. The summed E-state index contributed by atoms with van der Waals surface area (Å²) < 4.78 is 41.6. The van der Waals surface area contributed by atoms with Gasteiger partial charge in [-0.2, -0.15) is 18.3 Å². The molecular weight excluding hydrogens is 511 g/mol. The standard InChI is InChI=1S/C28H30F3N5O3/c1-35(24-11-5-6-16-32-24)27(39)20-14-12-19(13-15-20)23(37)10-7-17-33-26(38)22-18-36(21-8-3-2-4-9-21)34-25(22)28(29,30)31/h2-6,8-9,11,16,18-20H,7,10,12-15,17H2,1H3,(H,33,38). The Morgan fingerprint density at radius 3 is 2.31 bits per heavy atom. The number of aromatic nitrogens is 3. The molecule has 0 radical (unpaired) electrons. The Bertz CT molecular complexity index is 1290. The van der Waals surface area contributed by atoms with Crippen molar-refractivity contribution in [3.8, 4) is 5.69 Å². The maximum atomic E-state index is 13.5. The number of hydrogen-bond donors (Lipinski definition) is 1. The molecule has 2 amide bonds. The number of amides is 2. The molecule has 0 unspecified atom stereocenters. The van der Waals surface area contributed by atoms with Crippen molar-refractivity contribution in [1.82, 2.24) is 20.1 Å². The minimum absolute atomic E-state index is 0.0175. The predicted octanol–water partition coefficient (Wildman–Crippen LogP) is 4.83. The first-order valence-corrected chi connectivity index (χ1v) is 12.9. The minimum atomic E-state index is -4.80. The van der Waals surface area contributed by atoms with Crippen molar-refractivity contribution in [2.24, 2.45) is 11.8 Å². The van der Waals surface area contributed by atoms with E-state index in [9.17, 15) is 27.6 Å². The van der Waals surface area contributed by atoms with Crippen LogP contribution in [0.1, 0.15) is 54.6 Å². The molecule has 1 fully saturated rings. The van der Waals surface area contributed by atoms with Gasteiger partial charge in [-0.1, -0.05) is 24.3 Å². The number of ketones is 1. The van der Waals surface area contributed by atoms with Crippen LogP contribution in [0, 0.1) is 11.8 Å². The first-order valence-electron chi connectivity index (χ1n) is 12.9. The van der Waals surface area contributed by atoms with Crippen LogP contribution in [-0.2, 0) is 15.8 Å². The Morgan fingerprint density at radius 2 is 1.67 bits per heavy atom. The summed E-state index contributed by atoms with van der Waals surface area (Å²) in [5.41, 5.74) is -1.44. The number of carbonyl (C=O) groups is 3. The molecule has 0 aliphatic heterocycles. The number of pyridine rings is 1. The SMILES string of the molecule is CN(C(=O)C1CCC(C(=O)CCCNC(=O)c2cn(-c3ccccc3)nc2C(F)(F)F)CC1)c1ccccn1. The summed E-state index contributed by atoms with van der Waals surface area (Å²) in [5, 5.41) is 6.07. The molecule has 0 bridgehead atoms. The molecule has 1 aromatic carbocycles. The van der Waals surface area contributed by atoms with Crippen molar-refractivity contribution in [2.45, 2.75) is 44.7 Å². The number of benzene rings is 1. The fourth-order valence-corrected chi connectivity index (χ4v) is 4.83.